The van der Waals surface area contributed by atoms with Crippen LogP contribution < -0.4 is 5.64 Å². The molecular weight excluding hydrogens is 184 g/mol. The van der Waals surface area contributed by atoms with Crippen molar-refractivity contribution < 1.29 is 14.9 Å². The number of nitrogens with one attached hydrogen (secondary N) is 1. The number of hydrogen-bond donors (Lipinski definition) is 1. The van der Waals surface area contributed by atoms with E-state index in [9.17, 15) is 10.0 Å². The largest absolute Gasteiger partial charge is 0.300 e. The molecule has 0 bridgehead atoms. The smallest absolute Gasteiger partial charge is 0.136 e. The molecule has 81 valence electrons. The van der Waals surface area contributed by atoms with Crippen molar-refractivity contribution in [1.82, 2.24) is 10.7 Å². The van der Waals surface area contributed by atoms with Gasteiger partial charge in [-0.25, -0.2) is 0 Å². The second-order valence-corrected chi connectivity index (χ2v) is 4.99. The molecule has 1 N–H and O–H groups in total. The lowest BCUT2D eigenvalue weighted by molar-refractivity contribution is -0.370. The van der Waals surface area contributed by atoms with Gasteiger partial charge in [0.05, 0.1) is 11.1 Å². The van der Waals surface area contributed by atoms with E-state index in [1.165, 1.54) is 5.64 Å². The van der Waals surface area contributed by atoms with Crippen molar-refractivity contribution in [3.63, 3.8) is 0 Å². The molecule has 0 aromatic carbocycles. The SMILES string of the molecule is CC1(C)CC(=O)CC(C)(C)N1ON[O]. The van der Waals surface area contributed by atoms with Gasteiger partial charge in [-0.2, -0.15) is 10.0 Å². The van der Waals surface area contributed by atoms with Gasteiger partial charge in [-0.3, -0.25) is 4.79 Å². The number of carbonyl (C=O) groups excluding carboxylic acids is 1. The topological polar surface area (TPSA) is 61.5 Å². The summed E-state index contributed by atoms with van der Waals surface area (Å²) in [7, 11) is 0. The Kier molecular flexibility index (Phi) is 2.96. The highest BCUT2D eigenvalue weighted by Crippen LogP contribution is 2.35. The molecule has 0 aromatic rings. The Labute approximate surface area is 83.9 Å². The van der Waals surface area contributed by atoms with Crippen molar-refractivity contribution in [2.75, 3.05) is 0 Å². The van der Waals surface area contributed by atoms with E-state index in [-0.39, 0.29) is 5.78 Å². The summed E-state index contributed by atoms with van der Waals surface area (Å²) in [5.41, 5.74) is 0.532. The van der Waals surface area contributed by atoms with E-state index in [1.807, 2.05) is 27.7 Å². The second-order valence-electron chi connectivity index (χ2n) is 4.99. The zero-order chi connectivity index (χ0) is 11.0. The monoisotopic (exact) mass is 201 g/mol. The average Bonchev–Trinajstić information content (AvgIpc) is 1.94. The Hall–Kier alpha value is -0.490. The van der Waals surface area contributed by atoms with Crippen LogP contribution in [0.4, 0.5) is 0 Å². The normalized spacial score (nSPS) is 26.5. The van der Waals surface area contributed by atoms with Crippen molar-refractivity contribution >= 4 is 5.78 Å². The predicted octanol–water partition coefficient (Wildman–Crippen LogP) is 0.990. The Bertz CT molecular complexity index is 218. The summed E-state index contributed by atoms with van der Waals surface area (Å²) in [6.45, 7) is 7.51. The summed E-state index contributed by atoms with van der Waals surface area (Å²) >= 11 is 0. The lowest BCUT2D eigenvalue weighted by Crippen LogP contribution is -2.61. The number of hydroxylamine groups is 2. The van der Waals surface area contributed by atoms with Crippen molar-refractivity contribution in [2.45, 2.75) is 51.6 Å². The fourth-order valence-corrected chi connectivity index (χ4v) is 2.27. The number of Topliss-reactive ketones (excluding diaryl/α,β-unsaturated/α-hetero) is 1. The van der Waals surface area contributed by atoms with Crippen LogP contribution in [0.5, 0.6) is 0 Å². The number of hydrogen-bond acceptors (Lipinski definition) is 4. The first-order chi connectivity index (χ1) is 6.29. The molecule has 1 aliphatic rings. The van der Waals surface area contributed by atoms with Gasteiger partial charge in [0, 0.05) is 12.8 Å². The minimum absolute atomic E-state index is 0.200. The Morgan fingerprint density at radius 1 is 1.21 bits per heavy atom. The fraction of sp³-hybridized carbons (Fsp3) is 0.889. The lowest BCUT2D eigenvalue weighted by Gasteiger charge is -2.49. The molecule has 0 amide bonds. The zero-order valence-corrected chi connectivity index (χ0v) is 9.09. The van der Waals surface area contributed by atoms with Crippen LogP contribution in [0.25, 0.3) is 0 Å². The number of nitrogens with zero attached hydrogens (tertiary/aromatic N) is 1. The van der Waals surface area contributed by atoms with Crippen LogP contribution in [0.2, 0.25) is 0 Å². The quantitative estimate of drug-likeness (QED) is 0.677. The van der Waals surface area contributed by atoms with Gasteiger partial charge in [-0.05, 0) is 33.3 Å². The van der Waals surface area contributed by atoms with Crippen molar-refractivity contribution in [3.05, 3.63) is 0 Å². The first kappa shape index (κ1) is 11.6. The molecule has 0 atom stereocenters. The number of carbonyl (C=O) groups is 1. The highest BCUT2D eigenvalue weighted by molar-refractivity contribution is 5.81. The molecule has 0 unspecified atom stereocenters. The van der Waals surface area contributed by atoms with Gasteiger partial charge in [0.1, 0.15) is 5.78 Å². The van der Waals surface area contributed by atoms with Crippen LogP contribution in [0.15, 0.2) is 0 Å². The van der Waals surface area contributed by atoms with E-state index in [0.717, 1.165) is 0 Å². The summed E-state index contributed by atoms with van der Waals surface area (Å²) in [6.07, 6.45) is 0.802. The van der Waals surface area contributed by atoms with Gasteiger partial charge in [-0.15, -0.1) is 0 Å². The van der Waals surface area contributed by atoms with Crippen molar-refractivity contribution in [2.24, 2.45) is 0 Å². The van der Waals surface area contributed by atoms with Gasteiger partial charge in [-0.1, -0.05) is 5.21 Å². The Morgan fingerprint density at radius 2 is 1.64 bits per heavy atom. The maximum atomic E-state index is 11.5. The first-order valence-corrected chi connectivity index (χ1v) is 4.66. The molecule has 5 heteroatoms. The van der Waals surface area contributed by atoms with Crippen LogP contribution in [0.3, 0.4) is 0 Å². The summed E-state index contributed by atoms with van der Waals surface area (Å²) in [4.78, 5) is 16.3. The molecule has 0 aromatic heterocycles. The Balaban J connectivity index is 2.90. The molecule has 1 saturated heterocycles. The van der Waals surface area contributed by atoms with Crippen LogP contribution in [0.1, 0.15) is 40.5 Å². The third-order valence-electron chi connectivity index (χ3n) is 2.49. The molecule has 1 rings (SSSR count). The molecule has 1 fully saturated rings. The zero-order valence-electron chi connectivity index (χ0n) is 9.09. The van der Waals surface area contributed by atoms with Gasteiger partial charge < -0.3 is 0 Å². The highest BCUT2D eigenvalue weighted by atomic mass is 16.9. The summed E-state index contributed by atoms with van der Waals surface area (Å²) < 4.78 is 0. The van der Waals surface area contributed by atoms with Gasteiger partial charge >= 0.3 is 0 Å². The summed E-state index contributed by atoms with van der Waals surface area (Å²) in [6, 6.07) is 0. The minimum atomic E-state index is -0.448. The molecule has 0 spiro atoms. The van der Waals surface area contributed by atoms with Gasteiger partial charge in [0.25, 0.3) is 0 Å². The average molecular weight is 201 g/mol. The molecule has 14 heavy (non-hydrogen) atoms. The number of rotatable bonds is 2. The van der Waals surface area contributed by atoms with E-state index in [4.69, 9.17) is 4.94 Å². The third-order valence-corrected chi connectivity index (χ3v) is 2.49. The third kappa shape index (κ3) is 2.12. The Morgan fingerprint density at radius 3 is 2.00 bits per heavy atom. The maximum Gasteiger partial charge on any atom is 0.136 e. The second kappa shape index (κ2) is 3.58. The standard InChI is InChI=1S/C9H17N2O3/c1-8(2)5-7(12)6-9(3,4)11(8)14-10-13/h10H,5-6H2,1-4H3. The van der Waals surface area contributed by atoms with E-state index in [2.05, 4.69) is 0 Å². The molecular formula is C9H17N2O3. The summed E-state index contributed by atoms with van der Waals surface area (Å²) in [5, 5.41) is 11.8. The fourth-order valence-electron chi connectivity index (χ4n) is 2.27. The number of ketones is 1. The van der Waals surface area contributed by atoms with E-state index in [1.54, 1.807) is 5.06 Å². The van der Waals surface area contributed by atoms with Crippen LogP contribution in [-0.4, -0.2) is 21.9 Å². The molecule has 1 radical (unpaired) electrons. The van der Waals surface area contributed by atoms with E-state index in [0.29, 0.717) is 12.8 Å². The van der Waals surface area contributed by atoms with Crippen molar-refractivity contribution in [3.8, 4) is 0 Å². The highest BCUT2D eigenvalue weighted by Gasteiger charge is 2.46. The molecule has 0 aliphatic carbocycles. The van der Waals surface area contributed by atoms with Gasteiger partial charge in [0.15, 0.2) is 0 Å². The van der Waals surface area contributed by atoms with Gasteiger partial charge in [0.2, 0.25) is 0 Å². The molecule has 5 nitrogen and oxygen atoms in total. The van der Waals surface area contributed by atoms with Crippen LogP contribution in [0, 0.1) is 0 Å². The molecule has 0 saturated carbocycles. The summed E-state index contributed by atoms with van der Waals surface area (Å²) in [5.74, 6) is 0.200. The van der Waals surface area contributed by atoms with Crippen LogP contribution >= 0.6 is 0 Å². The predicted molar refractivity (Wildman–Crippen MR) is 49.1 cm³/mol. The minimum Gasteiger partial charge on any atom is -0.300 e. The first-order valence-electron chi connectivity index (χ1n) is 4.66. The lowest BCUT2D eigenvalue weighted by atomic mass is 9.81. The van der Waals surface area contributed by atoms with E-state index >= 15 is 0 Å². The van der Waals surface area contributed by atoms with Crippen LogP contribution in [-0.2, 0) is 14.9 Å². The van der Waals surface area contributed by atoms with E-state index < -0.39 is 11.1 Å². The molecule has 1 aliphatic heterocycles. The maximum absolute atomic E-state index is 11.5. The van der Waals surface area contributed by atoms with Crippen molar-refractivity contribution in [1.29, 1.82) is 0 Å². The molecule has 1 heterocycles. The number of piperidine rings is 1.